The van der Waals surface area contributed by atoms with Crippen LogP contribution in [0.15, 0.2) is 0 Å². The minimum absolute atomic E-state index is 0.406. The van der Waals surface area contributed by atoms with Crippen molar-refractivity contribution in [3.63, 3.8) is 0 Å². The lowest BCUT2D eigenvalue weighted by atomic mass is 9.88. The normalized spacial score (nSPS) is 56.6. The predicted molar refractivity (Wildman–Crippen MR) is 82.3 cm³/mol. The van der Waals surface area contributed by atoms with Gasteiger partial charge in [-0.1, -0.05) is 27.7 Å². The first-order valence-electron chi connectivity index (χ1n) is 5.84. The van der Waals surface area contributed by atoms with E-state index in [0.29, 0.717) is 19.0 Å². The molecule has 0 N–H and O–H groups in total. The third kappa shape index (κ3) is 1.21. The number of hydrogen-bond acceptors (Lipinski definition) is 4. The molecule has 4 saturated heterocycles. The zero-order valence-electron chi connectivity index (χ0n) is 10.8. The van der Waals surface area contributed by atoms with Crippen LogP contribution in [0.25, 0.3) is 0 Å². The van der Waals surface area contributed by atoms with Gasteiger partial charge in [-0.3, -0.25) is 0 Å². The summed E-state index contributed by atoms with van der Waals surface area (Å²) in [6, 6.07) is 0. The third-order valence-corrected chi connectivity index (χ3v) is 14.2. The van der Waals surface area contributed by atoms with Crippen LogP contribution < -0.4 is 0 Å². The summed E-state index contributed by atoms with van der Waals surface area (Å²) in [5, 5.41) is 0. The Hall–Kier alpha value is 1.40. The lowest BCUT2D eigenvalue weighted by Crippen LogP contribution is -2.65. The highest BCUT2D eigenvalue weighted by Gasteiger charge is 2.71. The second-order valence-corrected chi connectivity index (χ2v) is 13.7. The van der Waals surface area contributed by atoms with Crippen molar-refractivity contribution in [3.05, 3.63) is 0 Å². The molecule has 4 aliphatic heterocycles. The van der Waals surface area contributed by atoms with Crippen molar-refractivity contribution >= 4 is 47.0 Å². The average Bonchev–Trinajstić information content (AvgIpc) is 2.07. The van der Waals surface area contributed by atoms with E-state index < -0.39 is 0 Å². The van der Waals surface area contributed by atoms with Gasteiger partial charge in [0.25, 0.3) is 0 Å². The second-order valence-electron chi connectivity index (χ2n) is 6.47. The fraction of sp³-hybridized carbons (Fsp3) is 1.00. The van der Waals surface area contributed by atoms with Gasteiger partial charge >= 0.3 is 0 Å². The van der Waals surface area contributed by atoms with Gasteiger partial charge in [0.1, 0.15) is 0 Å². The molecule has 16 heavy (non-hydrogen) atoms. The van der Waals surface area contributed by atoms with Crippen molar-refractivity contribution in [2.45, 2.75) is 58.9 Å². The van der Waals surface area contributed by atoms with Crippen molar-refractivity contribution in [1.29, 1.82) is 0 Å². The summed E-state index contributed by atoms with van der Waals surface area (Å²) in [7, 11) is 0. The number of rotatable bonds is 0. The zero-order valence-corrected chi connectivity index (χ0v) is 14.1. The fourth-order valence-corrected chi connectivity index (χ4v) is 13.8. The van der Waals surface area contributed by atoms with Crippen molar-refractivity contribution in [1.82, 2.24) is 0 Å². The molecule has 4 fully saturated rings. The Kier molecular flexibility index (Phi) is 2.41. The van der Waals surface area contributed by atoms with Crippen LogP contribution in [0.1, 0.15) is 41.5 Å². The Morgan fingerprint density at radius 3 is 1.38 bits per heavy atom. The van der Waals surface area contributed by atoms with E-state index in [1.54, 1.807) is 0 Å². The fourth-order valence-electron chi connectivity index (χ4n) is 2.63. The Bertz CT molecular complexity index is 319. The van der Waals surface area contributed by atoms with Crippen molar-refractivity contribution in [2.75, 3.05) is 0 Å². The largest absolute Gasteiger partial charge is 0.132 e. The summed E-state index contributed by atoms with van der Waals surface area (Å²) >= 11 is 8.94. The Morgan fingerprint density at radius 2 is 1.06 bits per heavy atom. The number of hydrogen-bond donors (Lipinski definition) is 0. The molecule has 4 atom stereocenters. The minimum atomic E-state index is 0.406. The monoisotopic (exact) mass is 292 g/mol. The molecule has 0 saturated carbocycles. The first-order valence-corrected chi connectivity index (χ1v) is 9.36. The standard InChI is InChI=1S/C12H20S4/c1-9(2)7-13-8-10(3,4)12(6,14-7)16-11(9,5)15-8/h7-8H,1-6H3/t7-,8-,11+,12+/m0/s1. The smallest absolute Gasteiger partial charge is 0.0677 e. The molecule has 0 aromatic rings. The topological polar surface area (TPSA) is 0 Å². The summed E-state index contributed by atoms with van der Waals surface area (Å²) in [5.74, 6) is 0. The summed E-state index contributed by atoms with van der Waals surface area (Å²) in [5.41, 5.74) is 0.869. The molecule has 0 spiro atoms. The van der Waals surface area contributed by atoms with E-state index in [-0.39, 0.29) is 0 Å². The lowest BCUT2D eigenvalue weighted by molar-refractivity contribution is 0.300. The first kappa shape index (κ1) is 12.4. The van der Waals surface area contributed by atoms with Gasteiger partial charge in [-0.25, -0.2) is 0 Å². The van der Waals surface area contributed by atoms with Gasteiger partial charge in [-0.05, 0) is 13.8 Å². The average molecular weight is 293 g/mol. The van der Waals surface area contributed by atoms with Crippen molar-refractivity contribution in [3.8, 4) is 0 Å². The molecule has 0 aromatic carbocycles. The summed E-state index contributed by atoms with van der Waals surface area (Å²) in [6.07, 6.45) is 0. The Labute approximate surface area is 116 Å². The Morgan fingerprint density at radius 1 is 0.688 bits per heavy atom. The minimum Gasteiger partial charge on any atom is -0.132 e. The van der Waals surface area contributed by atoms with Crippen LogP contribution in [-0.2, 0) is 0 Å². The third-order valence-electron chi connectivity index (χ3n) is 4.82. The maximum absolute atomic E-state index is 2.48. The lowest BCUT2D eigenvalue weighted by Gasteiger charge is -2.71. The van der Waals surface area contributed by atoms with Gasteiger partial charge in [-0.2, -0.15) is 0 Å². The zero-order chi connectivity index (χ0) is 12.0. The van der Waals surface area contributed by atoms with Gasteiger partial charge in [0, 0.05) is 10.8 Å². The molecular weight excluding hydrogens is 272 g/mol. The van der Waals surface area contributed by atoms with Crippen molar-refractivity contribution in [2.24, 2.45) is 10.8 Å². The molecule has 4 heterocycles. The maximum Gasteiger partial charge on any atom is 0.0677 e. The Balaban J connectivity index is 2.11. The van der Waals surface area contributed by atoms with Crippen LogP contribution in [0, 0.1) is 10.8 Å². The van der Waals surface area contributed by atoms with E-state index in [4.69, 9.17) is 0 Å². The molecule has 4 rings (SSSR count). The first-order chi connectivity index (χ1) is 7.12. The summed E-state index contributed by atoms with van der Waals surface area (Å²) < 4.78 is 2.37. The van der Waals surface area contributed by atoms with E-state index in [0.717, 1.165) is 9.16 Å². The van der Waals surface area contributed by atoms with Crippen LogP contribution in [0.5, 0.6) is 0 Å². The highest BCUT2D eigenvalue weighted by atomic mass is 32.3. The van der Waals surface area contributed by atoms with E-state index >= 15 is 0 Å². The summed E-state index contributed by atoms with van der Waals surface area (Å²) in [6.45, 7) is 14.8. The molecule has 4 bridgehead atoms. The van der Waals surface area contributed by atoms with E-state index in [2.05, 4.69) is 88.6 Å². The molecule has 0 amide bonds. The van der Waals surface area contributed by atoms with Crippen LogP contribution in [0.4, 0.5) is 0 Å². The molecule has 0 aromatic heterocycles. The van der Waals surface area contributed by atoms with Crippen molar-refractivity contribution < 1.29 is 0 Å². The van der Waals surface area contributed by atoms with E-state index in [9.17, 15) is 0 Å². The van der Waals surface area contributed by atoms with Gasteiger partial charge in [0.15, 0.2) is 0 Å². The van der Waals surface area contributed by atoms with Crippen LogP contribution in [-0.4, -0.2) is 17.3 Å². The molecule has 0 radical (unpaired) electrons. The molecule has 92 valence electrons. The highest BCUT2D eigenvalue weighted by Crippen LogP contribution is 2.83. The molecule has 0 unspecified atom stereocenters. The quantitative estimate of drug-likeness (QED) is 0.609. The van der Waals surface area contributed by atoms with Gasteiger partial charge in [0.05, 0.1) is 17.3 Å². The number of thioether (sulfide) groups is 4. The predicted octanol–water partition coefficient (Wildman–Crippen LogP) is 5.10. The summed E-state index contributed by atoms with van der Waals surface area (Å²) in [4.78, 5) is 0. The van der Waals surface area contributed by atoms with Gasteiger partial charge in [0.2, 0.25) is 0 Å². The molecule has 4 aliphatic rings. The van der Waals surface area contributed by atoms with Crippen LogP contribution in [0.2, 0.25) is 0 Å². The van der Waals surface area contributed by atoms with Crippen LogP contribution >= 0.6 is 47.0 Å². The van der Waals surface area contributed by atoms with Crippen LogP contribution in [0.3, 0.4) is 0 Å². The maximum atomic E-state index is 2.48. The molecule has 0 aliphatic carbocycles. The molecular formula is C12H20S4. The molecule has 4 heteroatoms. The van der Waals surface area contributed by atoms with E-state index in [1.807, 2.05) is 0 Å². The van der Waals surface area contributed by atoms with Gasteiger partial charge in [-0.15, -0.1) is 47.0 Å². The second kappa shape index (κ2) is 3.10. The highest BCUT2D eigenvalue weighted by molar-refractivity contribution is 8.37. The molecule has 0 nitrogen and oxygen atoms in total. The van der Waals surface area contributed by atoms with E-state index in [1.165, 1.54) is 0 Å². The SMILES string of the molecule is CC1(C)[C@H]2S[C@H]3S[C@]1(C)S[C@@](C)(S2)C3(C)C. The van der Waals surface area contributed by atoms with Gasteiger partial charge < -0.3 is 0 Å².